The first kappa shape index (κ1) is 16.8. The van der Waals surface area contributed by atoms with Crippen LogP contribution in [0.15, 0.2) is 18.2 Å². The van der Waals surface area contributed by atoms with Gasteiger partial charge in [-0.1, -0.05) is 6.07 Å². The summed E-state index contributed by atoms with van der Waals surface area (Å²) in [5.74, 6) is 0.371. The highest BCUT2D eigenvalue weighted by Crippen LogP contribution is 2.32. The predicted octanol–water partition coefficient (Wildman–Crippen LogP) is -0.0962. The summed E-state index contributed by atoms with van der Waals surface area (Å²) in [6, 6.07) is 6.17. The lowest BCUT2D eigenvalue weighted by Crippen LogP contribution is -3.14. The van der Waals surface area contributed by atoms with Crippen molar-refractivity contribution in [3.05, 3.63) is 23.8 Å². The third kappa shape index (κ3) is 3.53. The number of carbonyl (C=O) groups excluding carboxylic acids is 2. The molecule has 3 rings (SSSR count). The van der Waals surface area contributed by atoms with Crippen molar-refractivity contribution in [1.29, 1.82) is 0 Å². The summed E-state index contributed by atoms with van der Waals surface area (Å²) in [5.41, 5.74) is 1.72. The second kappa shape index (κ2) is 7.21. The average molecular weight is 332 g/mol. The largest absolute Gasteiger partial charge is 0.482 e. The third-order valence-electron chi connectivity index (χ3n) is 4.99. The van der Waals surface area contributed by atoms with Gasteiger partial charge < -0.3 is 15.0 Å². The van der Waals surface area contributed by atoms with Crippen LogP contribution in [0.1, 0.15) is 25.3 Å². The number of likely N-dealkylation sites (tertiary alicyclic amines) is 1. The molecule has 6 heteroatoms. The molecule has 0 aromatic heterocycles. The Hall–Kier alpha value is -2.08. The monoisotopic (exact) mass is 332 g/mol. The molecule has 0 spiro atoms. The fourth-order valence-corrected chi connectivity index (χ4v) is 3.62. The van der Waals surface area contributed by atoms with E-state index in [4.69, 9.17) is 4.74 Å². The van der Waals surface area contributed by atoms with Crippen molar-refractivity contribution in [2.45, 2.75) is 32.7 Å². The molecular formula is C18H26N3O3+. The van der Waals surface area contributed by atoms with Gasteiger partial charge in [-0.25, -0.2) is 0 Å². The number of hydrogen-bond acceptors (Lipinski definition) is 3. The number of aryl methyl sites for hydroxylation is 1. The van der Waals surface area contributed by atoms with E-state index in [1.54, 1.807) is 4.90 Å². The molecule has 2 N–H and O–H groups in total. The first-order valence-electron chi connectivity index (χ1n) is 8.73. The van der Waals surface area contributed by atoms with E-state index in [1.807, 2.05) is 25.1 Å². The minimum atomic E-state index is -0.176. The summed E-state index contributed by atoms with van der Waals surface area (Å²) in [5, 5.41) is 3.01. The standard InChI is InChI=1S/C18H25N3O3/c1-3-20-8-4-5-14(20)10-19-17(22)11-21-15-9-13(2)6-7-16(15)24-12-18(21)23/h6-7,9,14H,3-5,8,10-12H2,1-2H3,(H,19,22)/p+1. The number of nitrogens with zero attached hydrogens (tertiary/aromatic N) is 1. The zero-order chi connectivity index (χ0) is 17.1. The maximum absolute atomic E-state index is 12.3. The normalized spacial score (nSPS) is 22.9. The number of hydrogen-bond donors (Lipinski definition) is 2. The van der Waals surface area contributed by atoms with E-state index in [9.17, 15) is 9.59 Å². The van der Waals surface area contributed by atoms with Crippen LogP contribution in [-0.4, -0.2) is 50.6 Å². The van der Waals surface area contributed by atoms with Crippen LogP contribution in [0.5, 0.6) is 5.75 Å². The lowest BCUT2D eigenvalue weighted by atomic mass is 10.1. The lowest BCUT2D eigenvalue weighted by molar-refractivity contribution is -0.909. The molecule has 24 heavy (non-hydrogen) atoms. The first-order chi connectivity index (χ1) is 11.6. The molecule has 1 aromatic carbocycles. The summed E-state index contributed by atoms with van der Waals surface area (Å²) < 4.78 is 5.45. The van der Waals surface area contributed by atoms with Crippen molar-refractivity contribution in [2.24, 2.45) is 0 Å². The SMILES string of the molecule is CC[NH+]1CCCC1CNC(=O)CN1C(=O)COc2ccc(C)cc21. The van der Waals surface area contributed by atoms with Gasteiger partial charge in [0.25, 0.3) is 5.91 Å². The van der Waals surface area contributed by atoms with Gasteiger partial charge in [-0.2, -0.15) is 0 Å². The van der Waals surface area contributed by atoms with E-state index in [0.717, 1.165) is 18.5 Å². The number of nitrogens with one attached hydrogen (secondary N) is 2. The van der Waals surface area contributed by atoms with E-state index in [2.05, 4.69) is 12.2 Å². The van der Waals surface area contributed by atoms with Gasteiger partial charge in [0, 0.05) is 12.8 Å². The average Bonchev–Trinajstić information content (AvgIpc) is 3.03. The van der Waals surface area contributed by atoms with Gasteiger partial charge in [-0.05, 0) is 31.5 Å². The highest BCUT2D eigenvalue weighted by Gasteiger charge is 2.29. The quantitative estimate of drug-likeness (QED) is 0.792. The molecule has 2 aliphatic heterocycles. The van der Waals surface area contributed by atoms with Crippen molar-refractivity contribution >= 4 is 17.5 Å². The third-order valence-corrected chi connectivity index (χ3v) is 4.99. The molecule has 2 heterocycles. The zero-order valence-electron chi connectivity index (χ0n) is 14.4. The van der Waals surface area contributed by atoms with Crippen molar-refractivity contribution in [3.63, 3.8) is 0 Å². The van der Waals surface area contributed by atoms with Crippen LogP contribution in [0.25, 0.3) is 0 Å². The molecule has 1 saturated heterocycles. The van der Waals surface area contributed by atoms with Gasteiger partial charge >= 0.3 is 0 Å². The topological polar surface area (TPSA) is 63.1 Å². The van der Waals surface area contributed by atoms with Crippen LogP contribution >= 0.6 is 0 Å². The number of amides is 2. The molecule has 6 nitrogen and oxygen atoms in total. The minimum Gasteiger partial charge on any atom is -0.482 e. The van der Waals surface area contributed by atoms with Gasteiger partial charge in [0.15, 0.2) is 6.61 Å². The molecule has 1 aromatic rings. The highest BCUT2D eigenvalue weighted by atomic mass is 16.5. The Morgan fingerprint density at radius 2 is 2.29 bits per heavy atom. The van der Waals surface area contributed by atoms with Crippen molar-refractivity contribution in [3.8, 4) is 5.75 Å². The van der Waals surface area contributed by atoms with Crippen LogP contribution in [0.2, 0.25) is 0 Å². The zero-order valence-corrected chi connectivity index (χ0v) is 14.4. The van der Waals surface area contributed by atoms with E-state index in [-0.39, 0.29) is 25.0 Å². The molecule has 0 radical (unpaired) electrons. The predicted molar refractivity (Wildman–Crippen MR) is 91.4 cm³/mol. The van der Waals surface area contributed by atoms with Crippen LogP contribution in [0.3, 0.4) is 0 Å². The number of ether oxygens (including phenoxy) is 1. The van der Waals surface area contributed by atoms with Gasteiger partial charge in [0.05, 0.1) is 25.3 Å². The minimum absolute atomic E-state index is 0.0142. The van der Waals surface area contributed by atoms with E-state index in [1.165, 1.54) is 17.9 Å². The van der Waals surface area contributed by atoms with Gasteiger partial charge in [0.1, 0.15) is 18.3 Å². The molecule has 2 atom stereocenters. The Kier molecular flexibility index (Phi) is 5.04. The molecule has 2 unspecified atom stereocenters. The Morgan fingerprint density at radius 1 is 1.46 bits per heavy atom. The summed E-state index contributed by atoms with van der Waals surface area (Å²) in [6.45, 7) is 7.13. The van der Waals surface area contributed by atoms with Crippen molar-refractivity contribution in [1.82, 2.24) is 5.32 Å². The number of benzene rings is 1. The Bertz CT molecular complexity index is 632. The van der Waals surface area contributed by atoms with Crippen LogP contribution in [-0.2, 0) is 9.59 Å². The van der Waals surface area contributed by atoms with Crippen LogP contribution in [0.4, 0.5) is 5.69 Å². The number of anilines is 1. The van der Waals surface area contributed by atoms with Gasteiger partial charge in [-0.15, -0.1) is 0 Å². The molecule has 2 aliphatic rings. The second-order valence-electron chi connectivity index (χ2n) is 6.64. The fourth-order valence-electron chi connectivity index (χ4n) is 3.62. The molecule has 1 fully saturated rings. The maximum atomic E-state index is 12.3. The number of quaternary nitrogens is 1. The second-order valence-corrected chi connectivity index (χ2v) is 6.64. The van der Waals surface area contributed by atoms with Crippen molar-refractivity contribution in [2.75, 3.05) is 37.7 Å². The van der Waals surface area contributed by atoms with Gasteiger partial charge in [0.2, 0.25) is 5.91 Å². The first-order valence-corrected chi connectivity index (χ1v) is 8.73. The number of carbonyl (C=O) groups is 2. The molecule has 0 saturated carbocycles. The van der Waals surface area contributed by atoms with E-state index < -0.39 is 0 Å². The number of fused-ring (bicyclic) bond motifs is 1. The van der Waals surface area contributed by atoms with E-state index in [0.29, 0.717) is 24.0 Å². The Balaban J connectivity index is 1.62. The van der Waals surface area contributed by atoms with Crippen molar-refractivity contribution < 1.29 is 19.2 Å². The molecule has 2 amide bonds. The van der Waals surface area contributed by atoms with Crippen LogP contribution < -0.4 is 19.9 Å². The smallest absolute Gasteiger partial charge is 0.265 e. The summed E-state index contributed by atoms with van der Waals surface area (Å²) in [6.07, 6.45) is 2.38. The molecular weight excluding hydrogens is 306 g/mol. The molecule has 0 aliphatic carbocycles. The maximum Gasteiger partial charge on any atom is 0.265 e. The number of rotatable bonds is 5. The Labute approximate surface area is 142 Å². The highest BCUT2D eigenvalue weighted by molar-refractivity contribution is 6.02. The van der Waals surface area contributed by atoms with Crippen LogP contribution in [0, 0.1) is 6.92 Å². The number of likely N-dealkylation sites (N-methyl/N-ethyl adjacent to an activating group) is 1. The van der Waals surface area contributed by atoms with E-state index >= 15 is 0 Å². The fraction of sp³-hybridized carbons (Fsp3) is 0.556. The summed E-state index contributed by atoms with van der Waals surface area (Å²) >= 11 is 0. The molecule has 130 valence electrons. The lowest BCUT2D eigenvalue weighted by Gasteiger charge is -2.29. The Morgan fingerprint density at radius 3 is 3.08 bits per heavy atom. The molecule has 0 bridgehead atoms. The summed E-state index contributed by atoms with van der Waals surface area (Å²) in [4.78, 5) is 27.6. The summed E-state index contributed by atoms with van der Waals surface area (Å²) in [7, 11) is 0. The van der Waals surface area contributed by atoms with Gasteiger partial charge in [-0.3, -0.25) is 14.5 Å².